The average Bonchev–Trinajstić information content (AvgIpc) is 3.09. The van der Waals surface area contributed by atoms with E-state index in [1.807, 2.05) is 45.0 Å². The molecule has 0 unspecified atom stereocenters. The van der Waals surface area contributed by atoms with Crippen LogP contribution in [-0.4, -0.2) is 37.8 Å². The van der Waals surface area contributed by atoms with Gasteiger partial charge in [-0.25, -0.2) is 9.48 Å². The molecule has 0 saturated carbocycles. The molecule has 0 bridgehead atoms. The molecule has 0 spiro atoms. The highest BCUT2D eigenvalue weighted by molar-refractivity contribution is 7.98. The average molecular weight is 371 g/mol. The molecule has 2 heterocycles. The van der Waals surface area contributed by atoms with E-state index < -0.39 is 0 Å². The van der Waals surface area contributed by atoms with Crippen LogP contribution in [0.1, 0.15) is 48.4 Å². The van der Waals surface area contributed by atoms with Crippen molar-refractivity contribution in [1.82, 2.24) is 25.2 Å². The van der Waals surface area contributed by atoms with Crippen LogP contribution < -0.4 is 0 Å². The Labute approximate surface area is 156 Å². The van der Waals surface area contributed by atoms with Crippen LogP contribution in [-0.2, 0) is 10.5 Å². The monoisotopic (exact) mass is 371 g/mol. The number of esters is 1. The van der Waals surface area contributed by atoms with Crippen molar-refractivity contribution in [3.63, 3.8) is 0 Å². The van der Waals surface area contributed by atoms with Gasteiger partial charge in [0, 0.05) is 11.1 Å². The molecule has 26 heavy (non-hydrogen) atoms. The molecule has 8 heteroatoms. The first-order valence-electron chi connectivity index (χ1n) is 8.49. The summed E-state index contributed by atoms with van der Waals surface area (Å²) in [5, 5.41) is 13.5. The normalized spacial score (nSPS) is 11.3. The Morgan fingerprint density at radius 3 is 2.81 bits per heavy atom. The molecule has 1 aromatic carbocycles. The molecule has 0 fully saturated rings. The number of carbonyl (C=O) groups excluding carboxylic acids is 1. The lowest BCUT2D eigenvalue weighted by atomic mass is 10.0. The van der Waals surface area contributed by atoms with E-state index in [4.69, 9.17) is 9.72 Å². The fraction of sp³-hybridized carbons (Fsp3) is 0.389. The van der Waals surface area contributed by atoms with Gasteiger partial charge in [0.05, 0.1) is 29.4 Å². The summed E-state index contributed by atoms with van der Waals surface area (Å²) in [4.78, 5) is 17.3. The van der Waals surface area contributed by atoms with Crippen LogP contribution in [0.25, 0.3) is 10.9 Å². The first-order chi connectivity index (χ1) is 12.5. The highest BCUT2D eigenvalue weighted by atomic mass is 32.2. The lowest BCUT2D eigenvalue weighted by Crippen LogP contribution is -2.12. The van der Waals surface area contributed by atoms with Crippen molar-refractivity contribution in [2.24, 2.45) is 0 Å². The minimum absolute atomic E-state index is 0.156. The van der Waals surface area contributed by atoms with Gasteiger partial charge in [-0.2, -0.15) is 0 Å². The summed E-state index contributed by atoms with van der Waals surface area (Å²) in [6, 6.07) is 7.95. The largest absolute Gasteiger partial charge is 0.462 e. The molecule has 0 amide bonds. The molecular formula is C18H21N5O2S. The number of aromatic nitrogens is 5. The van der Waals surface area contributed by atoms with Crippen LogP contribution in [0, 0.1) is 6.92 Å². The van der Waals surface area contributed by atoms with Gasteiger partial charge < -0.3 is 4.74 Å². The fourth-order valence-corrected chi connectivity index (χ4v) is 3.71. The van der Waals surface area contributed by atoms with E-state index in [0.29, 0.717) is 28.8 Å². The number of fused-ring (bicyclic) bond motifs is 1. The Balaban J connectivity index is 2.01. The van der Waals surface area contributed by atoms with Crippen molar-refractivity contribution in [1.29, 1.82) is 0 Å². The van der Waals surface area contributed by atoms with Crippen molar-refractivity contribution in [3.8, 4) is 0 Å². The van der Waals surface area contributed by atoms with Crippen LogP contribution >= 0.6 is 11.8 Å². The third kappa shape index (κ3) is 3.55. The summed E-state index contributed by atoms with van der Waals surface area (Å²) in [7, 11) is 0. The van der Waals surface area contributed by atoms with Gasteiger partial charge in [-0.1, -0.05) is 30.0 Å². The zero-order valence-corrected chi connectivity index (χ0v) is 16.1. The third-order valence-corrected chi connectivity index (χ3v) is 4.94. The first-order valence-corrected chi connectivity index (χ1v) is 9.47. The number of para-hydroxylation sites is 1. The van der Waals surface area contributed by atoms with Crippen molar-refractivity contribution in [2.75, 3.05) is 6.61 Å². The van der Waals surface area contributed by atoms with Crippen molar-refractivity contribution in [2.45, 2.75) is 44.6 Å². The van der Waals surface area contributed by atoms with Gasteiger partial charge in [-0.15, -0.1) is 5.10 Å². The summed E-state index contributed by atoms with van der Waals surface area (Å²) in [5.41, 5.74) is 2.95. The SMILES string of the molecule is CCOC(=O)c1c(CSc2nnnn2C(C)C)nc2ccccc2c1C. The lowest BCUT2D eigenvalue weighted by Gasteiger charge is -2.14. The van der Waals surface area contributed by atoms with Crippen LogP contribution in [0.4, 0.5) is 0 Å². The first kappa shape index (κ1) is 18.3. The molecule has 0 aliphatic rings. The minimum Gasteiger partial charge on any atom is -0.462 e. The summed E-state index contributed by atoms with van der Waals surface area (Å²) in [6.45, 7) is 8.09. The summed E-state index contributed by atoms with van der Waals surface area (Å²) < 4.78 is 7.02. The number of thioether (sulfide) groups is 1. The zero-order chi connectivity index (χ0) is 18.7. The van der Waals surface area contributed by atoms with Gasteiger partial charge in [0.15, 0.2) is 0 Å². The number of ether oxygens (including phenoxy) is 1. The molecule has 0 N–H and O–H groups in total. The number of pyridine rings is 1. The molecular weight excluding hydrogens is 350 g/mol. The number of hydrogen-bond donors (Lipinski definition) is 0. The Kier molecular flexibility index (Phi) is 5.51. The van der Waals surface area contributed by atoms with Gasteiger partial charge in [-0.05, 0) is 49.8 Å². The van der Waals surface area contributed by atoms with Crippen LogP contribution in [0.2, 0.25) is 0 Å². The molecule has 136 valence electrons. The predicted molar refractivity (Wildman–Crippen MR) is 100 cm³/mol. The van der Waals surface area contributed by atoms with Crippen LogP contribution in [0.15, 0.2) is 29.4 Å². The van der Waals surface area contributed by atoms with E-state index in [1.54, 1.807) is 11.6 Å². The van der Waals surface area contributed by atoms with Crippen molar-refractivity contribution in [3.05, 3.63) is 41.1 Å². The lowest BCUT2D eigenvalue weighted by molar-refractivity contribution is 0.0524. The predicted octanol–water partition coefficient (Wildman–Crippen LogP) is 3.58. The number of carbonyl (C=O) groups is 1. The minimum atomic E-state index is -0.345. The maximum atomic E-state index is 12.5. The van der Waals surface area contributed by atoms with E-state index in [2.05, 4.69) is 15.5 Å². The molecule has 3 rings (SSSR count). The van der Waals surface area contributed by atoms with Gasteiger partial charge >= 0.3 is 5.97 Å². The molecule has 0 aliphatic carbocycles. The zero-order valence-electron chi connectivity index (χ0n) is 15.3. The van der Waals surface area contributed by atoms with Gasteiger partial charge in [0.1, 0.15) is 0 Å². The van der Waals surface area contributed by atoms with E-state index in [9.17, 15) is 4.79 Å². The van der Waals surface area contributed by atoms with E-state index in [0.717, 1.165) is 16.5 Å². The van der Waals surface area contributed by atoms with Crippen molar-refractivity contribution >= 4 is 28.6 Å². The third-order valence-electron chi connectivity index (χ3n) is 4.00. The standard InChI is InChI=1S/C18H21N5O2S/c1-5-25-17(24)16-12(4)13-8-6-7-9-14(13)19-15(16)10-26-18-20-21-22-23(18)11(2)3/h6-9,11H,5,10H2,1-4H3. The summed E-state index contributed by atoms with van der Waals surface area (Å²) >= 11 is 1.46. The van der Waals surface area contributed by atoms with Gasteiger partial charge in [0.25, 0.3) is 0 Å². The summed E-state index contributed by atoms with van der Waals surface area (Å²) in [6.07, 6.45) is 0. The molecule has 0 aliphatic heterocycles. The second kappa shape index (κ2) is 7.82. The quantitative estimate of drug-likeness (QED) is 0.484. The molecule has 0 saturated heterocycles. The fourth-order valence-electron chi connectivity index (χ4n) is 2.76. The van der Waals surface area contributed by atoms with Gasteiger partial charge in [-0.3, -0.25) is 4.98 Å². The number of nitrogens with zero attached hydrogens (tertiary/aromatic N) is 5. The second-order valence-corrected chi connectivity index (χ2v) is 7.03. The molecule has 2 aromatic heterocycles. The number of rotatable bonds is 6. The van der Waals surface area contributed by atoms with E-state index >= 15 is 0 Å². The molecule has 0 radical (unpaired) electrons. The second-order valence-electron chi connectivity index (χ2n) is 6.08. The highest BCUT2D eigenvalue weighted by Crippen LogP contribution is 2.28. The Bertz CT molecular complexity index is 938. The Morgan fingerprint density at radius 2 is 2.08 bits per heavy atom. The van der Waals surface area contributed by atoms with Gasteiger partial charge in [0.2, 0.25) is 5.16 Å². The van der Waals surface area contributed by atoms with Crippen molar-refractivity contribution < 1.29 is 9.53 Å². The topological polar surface area (TPSA) is 82.8 Å². The number of aryl methyl sites for hydroxylation is 1. The maximum Gasteiger partial charge on any atom is 0.340 e. The maximum absolute atomic E-state index is 12.5. The Hall–Kier alpha value is -2.48. The number of tetrazole rings is 1. The molecule has 3 aromatic rings. The molecule has 7 nitrogen and oxygen atoms in total. The van der Waals surface area contributed by atoms with Crippen LogP contribution in [0.3, 0.4) is 0 Å². The number of benzene rings is 1. The Morgan fingerprint density at radius 1 is 1.31 bits per heavy atom. The highest BCUT2D eigenvalue weighted by Gasteiger charge is 2.21. The van der Waals surface area contributed by atoms with E-state index in [1.165, 1.54) is 11.8 Å². The summed E-state index contributed by atoms with van der Waals surface area (Å²) in [5.74, 6) is 0.134. The smallest absolute Gasteiger partial charge is 0.340 e. The number of hydrogen-bond acceptors (Lipinski definition) is 7. The van der Waals surface area contributed by atoms with Crippen LogP contribution in [0.5, 0.6) is 0 Å². The molecule has 0 atom stereocenters. The van der Waals surface area contributed by atoms with E-state index in [-0.39, 0.29) is 12.0 Å².